The smallest absolute Gasteiger partial charge is 0.191 e. The number of halogens is 1. The van der Waals surface area contributed by atoms with Crippen molar-refractivity contribution in [1.82, 2.24) is 10.6 Å². The summed E-state index contributed by atoms with van der Waals surface area (Å²) in [5.41, 5.74) is -0.0649. The zero-order chi connectivity index (χ0) is 18.3. The molecule has 2 rings (SSSR count). The molecule has 1 atom stereocenters. The van der Waals surface area contributed by atoms with Gasteiger partial charge in [0, 0.05) is 18.1 Å². The molecule has 5 nitrogen and oxygen atoms in total. The van der Waals surface area contributed by atoms with Gasteiger partial charge in [-0.25, -0.2) is 4.99 Å². The van der Waals surface area contributed by atoms with Crippen molar-refractivity contribution >= 4 is 17.6 Å². The minimum atomic E-state index is -1.15. The molecule has 1 aromatic carbocycles. The number of aliphatic imine (C=N–C) groups is 1. The Morgan fingerprint density at radius 1 is 1.24 bits per heavy atom. The van der Waals surface area contributed by atoms with Crippen LogP contribution in [0.1, 0.15) is 30.9 Å². The van der Waals surface area contributed by atoms with E-state index in [0.29, 0.717) is 18.3 Å². The van der Waals surface area contributed by atoms with E-state index in [4.69, 9.17) is 16.0 Å². The summed E-state index contributed by atoms with van der Waals surface area (Å²) in [6, 6.07) is 11.4. The second-order valence-corrected chi connectivity index (χ2v) is 6.55. The number of guanidine groups is 1. The molecule has 3 N–H and O–H groups in total. The lowest BCUT2D eigenvalue weighted by Crippen LogP contribution is -2.39. The van der Waals surface area contributed by atoms with E-state index in [2.05, 4.69) is 15.6 Å². The number of aliphatic hydroxyl groups is 1. The average molecular weight is 364 g/mol. The number of aryl methyl sites for hydroxylation is 1. The topological polar surface area (TPSA) is 69.8 Å². The van der Waals surface area contributed by atoms with Gasteiger partial charge in [-0.1, -0.05) is 29.8 Å². The van der Waals surface area contributed by atoms with Crippen molar-refractivity contribution in [1.29, 1.82) is 0 Å². The first-order valence-electron chi connectivity index (χ1n) is 8.47. The van der Waals surface area contributed by atoms with Crippen LogP contribution in [0.4, 0.5) is 0 Å². The highest BCUT2D eigenvalue weighted by molar-refractivity contribution is 6.31. The summed E-state index contributed by atoms with van der Waals surface area (Å²) in [6.07, 6.45) is 0.790. The van der Waals surface area contributed by atoms with Crippen LogP contribution in [0.2, 0.25) is 5.02 Å². The van der Waals surface area contributed by atoms with Crippen molar-refractivity contribution < 1.29 is 9.52 Å². The van der Waals surface area contributed by atoms with Crippen molar-refractivity contribution in [2.75, 3.05) is 19.6 Å². The largest absolute Gasteiger partial charge is 0.463 e. The molecule has 136 valence electrons. The summed E-state index contributed by atoms with van der Waals surface area (Å²) in [7, 11) is 0. The molecule has 0 radical (unpaired) electrons. The van der Waals surface area contributed by atoms with Gasteiger partial charge in [0.25, 0.3) is 0 Å². The minimum Gasteiger partial charge on any atom is -0.463 e. The van der Waals surface area contributed by atoms with E-state index in [1.807, 2.05) is 44.2 Å². The van der Waals surface area contributed by atoms with Crippen LogP contribution in [0.5, 0.6) is 0 Å². The monoisotopic (exact) mass is 363 g/mol. The molecule has 25 heavy (non-hydrogen) atoms. The van der Waals surface area contributed by atoms with E-state index in [9.17, 15) is 5.11 Å². The van der Waals surface area contributed by atoms with E-state index < -0.39 is 5.60 Å². The van der Waals surface area contributed by atoms with Crippen LogP contribution in [0.25, 0.3) is 0 Å². The summed E-state index contributed by atoms with van der Waals surface area (Å²) < 4.78 is 5.52. The molecule has 0 aliphatic rings. The highest BCUT2D eigenvalue weighted by Gasteiger charge is 2.26. The Bertz CT molecular complexity index is 710. The molecule has 0 aliphatic carbocycles. The molecule has 0 aliphatic heterocycles. The van der Waals surface area contributed by atoms with E-state index in [1.165, 1.54) is 0 Å². The van der Waals surface area contributed by atoms with Crippen molar-refractivity contribution in [2.24, 2.45) is 4.99 Å². The molecule has 0 amide bonds. The third-order valence-electron chi connectivity index (χ3n) is 3.81. The highest BCUT2D eigenvalue weighted by atomic mass is 35.5. The van der Waals surface area contributed by atoms with E-state index >= 15 is 0 Å². The average Bonchev–Trinajstić information content (AvgIpc) is 3.02. The lowest BCUT2D eigenvalue weighted by atomic mass is 10.0. The fourth-order valence-corrected chi connectivity index (χ4v) is 2.62. The van der Waals surface area contributed by atoms with E-state index in [1.54, 1.807) is 13.0 Å². The molecule has 1 aromatic heterocycles. The first-order chi connectivity index (χ1) is 11.9. The van der Waals surface area contributed by atoms with Gasteiger partial charge in [0.2, 0.25) is 0 Å². The summed E-state index contributed by atoms with van der Waals surface area (Å²) >= 11 is 6.17. The maximum Gasteiger partial charge on any atom is 0.191 e. The van der Waals surface area contributed by atoms with Crippen LogP contribution < -0.4 is 10.6 Å². The third-order valence-corrected chi connectivity index (χ3v) is 4.17. The maximum atomic E-state index is 10.6. The van der Waals surface area contributed by atoms with E-state index in [0.717, 1.165) is 29.3 Å². The van der Waals surface area contributed by atoms with Crippen LogP contribution >= 0.6 is 11.6 Å². The molecule has 0 fully saturated rings. The summed E-state index contributed by atoms with van der Waals surface area (Å²) in [4.78, 5) is 4.48. The van der Waals surface area contributed by atoms with Gasteiger partial charge in [-0.3, -0.25) is 0 Å². The van der Waals surface area contributed by atoms with E-state index in [-0.39, 0.29) is 6.54 Å². The van der Waals surface area contributed by atoms with Gasteiger partial charge in [0.1, 0.15) is 17.1 Å². The van der Waals surface area contributed by atoms with Crippen LogP contribution in [0, 0.1) is 6.92 Å². The fraction of sp³-hybridized carbons (Fsp3) is 0.421. The number of rotatable bonds is 7. The lowest BCUT2D eigenvalue weighted by molar-refractivity contribution is 0.0428. The Morgan fingerprint density at radius 3 is 2.64 bits per heavy atom. The van der Waals surface area contributed by atoms with Gasteiger partial charge in [-0.15, -0.1) is 0 Å². The number of nitrogens with one attached hydrogen (secondary N) is 2. The zero-order valence-corrected chi connectivity index (χ0v) is 15.7. The Morgan fingerprint density at radius 2 is 2.00 bits per heavy atom. The Hall–Kier alpha value is -1.98. The highest BCUT2D eigenvalue weighted by Crippen LogP contribution is 2.23. The minimum absolute atomic E-state index is 0.196. The molecular weight excluding hydrogens is 338 g/mol. The molecule has 0 saturated heterocycles. The molecule has 1 unspecified atom stereocenters. The van der Waals surface area contributed by atoms with Crippen molar-refractivity contribution in [2.45, 2.75) is 32.8 Å². The SMILES string of the molecule is CCNC(=NCC(C)(O)c1ccc(C)o1)NCCc1ccccc1Cl. The number of furan rings is 1. The molecule has 0 saturated carbocycles. The Labute approximate surface area is 154 Å². The Balaban J connectivity index is 1.94. The predicted octanol–water partition coefficient (Wildman–Crippen LogP) is 3.25. The molecule has 2 aromatic rings. The molecule has 1 heterocycles. The van der Waals surface area contributed by atoms with Gasteiger partial charge in [-0.05, 0) is 51.0 Å². The Kier molecular flexibility index (Phi) is 6.91. The van der Waals surface area contributed by atoms with Crippen LogP contribution in [-0.4, -0.2) is 30.7 Å². The molecule has 0 spiro atoms. The second kappa shape index (κ2) is 8.92. The van der Waals surface area contributed by atoms with Crippen LogP contribution in [-0.2, 0) is 12.0 Å². The molecule has 6 heteroatoms. The van der Waals surface area contributed by atoms with Crippen molar-refractivity contribution in [3.63, 3.8) is 0 Å². The predicted molar refractivity (Wildman–Crippen MR) is 102 cm³/mol. The standard InChI is InChI=1S/C19H26ClN3O2/c1-4-21-18(22-12-11-15-7-5-6-8-16(15)20)23-13-19(3,24)17-10-9-14(2)25-17/h5-10,24H,4,11-13H2,1-3H3,(H2,21,22,23). The number of hydrogen-bond donors (Lipinski definition) is 3. The lowest BCUT2D eigenvalue weighted by Gasteiger charge is -2.19. The summed E-state index contributed by atoms with van der Waals surface area (Å²) in [5.74, 6) is 1.93. The first kappa shape index (κ1) is 19.3. The van der Waals surface area contributed by atoms with Crippen molar-refractivity contribution in [3.05, 3.63) is 58.5 Å². The zero-order valence-electron chi connectivity index (χ0n) is 15.0. The third kappa shape index (κ3) is 5.80. The van der Waals surface area contributed by atoms with Gasteiger partial charge in [-0.2, -0.15) is 0 Å². The summed E-state index contributed by atoms with van der Waals surface area (Å²) in [5, 5.41) is 17.8. The number of nitrogens with zero attached hydrogens (tertiary/aromatic N) is 1. The molecule has 0 bridgehead atoms. The number of benzene rings is 1. The summed E-state index contributed by atoms with van der Waals surface area (Å²) in [6.45, 7) is 7.17. The normalized spacial score (nSPS) is 14.2. The van der Waals surface area contributed by atoms with Crippen LogP contribution in [0.3, 0.4) is 0 Å². The van der Waals surface area contributed by atoms with Crippen LogP contribution in [0.15, 0.2) is 45.8 Å². The van der Waals surface area contributed by atoms with Gasteiger partial charge < -0.3 is 20.2 Å². The first-order valence-corrected chi connectivity index (χ1v) is 8.85. The van der Waals surface area contributed by atoms with Gasteiger partial charge >= 0.3 is 0 Å². The quantitative estimate of drug-likeness (QED) is 0.521. The van der Waals surface area contributed by atoms with Gasteiger partial charge in [0.15, 0.2) is 5.96 Å². The number of hydrogen-bond acceptors (Lipinski definition) is 3. The van der Waals surface area contributed by atoms with Gasteiger partial charge in [0.05, 0.1) is 6.54 Å². The fourth-order valence-electron chi connectivity index (χ4n) is 2.39. The van der Waals surface area contributed by atoms with Crippen molar-refractivity contribution in [3.8, 4) is 0 Å². The maximum absolute atomic E-state index is 10.6. The molecular formula is C19H26ClN3O2. The second-order valence-electron chi connectivity index (χ2n) is 6.15.